The van der Waals surface area contributed by atoms with Gasteiger partial charge in [-0.15, -0.1) is 0 Å². The number of hydrogen-bond donors (Lipinski definition) is 1. The fraction of sp³-hybridized carbons (Fsp3) is 0. The minimum atomic E-state index is 0.879. The second kappa shape index (κ2) is 3.88. The lowest BCUT2D eigenvalue weighted by atomic mass is 10.1. The zero-order valence-corrected chi connectivity index (χ0v) is 10.0. The molecule has 0 radical (unpaired) electrons. The summed E-state index contributed by atoms with van der Waals surface area (Å²) in [5, 5.41) is 2.19. The van der Waals surface area contributed by atoms with E-state index in [9.17, 15) is 0 Å². The number of H-pyrrole nitrogens is 1. The van der Waals surface area contributed by atoms with Crippen LogP contribution in [0, 0.1) is 0 Å². The third-order valence-electron chi connectivity index (χ3n) is 3.22. The van der Waals surface area contributed by atoms with E-state index in [1.54, 1.807) is 12.4 Å². The fourth-order valence-electron chi connectivity index (χ4n) is 2.29. The lowest BCUT2D eigenvalue weighted by Gasteiger charge is -1.99. The molecule has 1 N–H and O–H groups in total. The zero-order chi connectivity index (χ0) is 12.7. The molecule has 0 aliphatic carbocycles. The predicted octanol–water partition coefficient (Wildman–Crippen LogP) is 3.17. The summed E-state index contributed by atoms with van der Waals surface area (Å²) in [4.78, 5) is 16.3. The molecular weight excluding hydrogens is 236 g/mol. The van der Waals surface area contributed by atoms with Crippen molar-refractivity contribution < 1.29 is 0 Å². The Balaban J connectivity index is 1.99. The smallest absolute Gasteiger partial charge is 0.139 e. The van der Waals surface area contributed by atoms with Crippen molar-refractivity contribution in [2.24, 2.45) is 0 Å². The van der Waals surface area contributed by atoms with Gasteiger partial charge in [-0.25, -0.2) is 4.98 Å². The summed E-state index contributed by atoms with van der Waals surface area (Å²) in [5.41, 5.74) is 3.87. The highest BCUT2D eigenvalue weighted by atomic mass is 14.9. The van der Waals surface area contributed by atoms with Crippen LogP contribution >= 0.6 is 0 Å². The van der Waals surface area contributed by atoms with Crippen molar-refractivity contribution in [3.8, 4) is 11.3 Å². The molecule has 0 bridgehead atoms. The number of aromatic nitrogens is 4. The van der Waals surface area contributed by atoms with E-state index < -0.39 is 0 Å². The Bertz CT molecular complexity index is 865. The molecule has 0 aliphatic rings. The molecule has 0 spiro atoms. The molecule has 19 heavy (non-hydrogen) atoms. The zero-order valence-electron chi connectivity index (χ0n) is 10.0. The quantitative estimate of drug-likeness (QED) is 0.561. The van der Waals surface area contributed by atoms with Gasteiger partial charge in [-0.1, -0.05) is 0 Å². The van der Waals surface area contributed by atoms with E-state index in [4.69, 9.17) is 0 Å². The van der Waals surface area contributed by atoms with E-state index in [2.05, 4.69) is 26.0 Å². The second-order valence-electron chi connectivity index (χ2n) is 4.38. The van der Waals surface area contributed by atoms with Crippen LogP contribution in [0.2, 0.25) is 0 Å². The van der Waals surface area contributed by atoms with Gasteiger partial charge in [0.05, 0.1) is 11.2 Å². The normalized spacial score (nSPS) is 11.2. The topological polar surface area (TPSA) is 54.5 Å². The van der Waals surface area contributed by atoms with E-state index in [1.165, 1.54) is 0 Å². The summed E-state index contributed by atoms with van der Waals surface area (Å²) >= 11 is 0. The lowest BCUT2D eigenvalue weighted by molar-refractivity contribution is 1.29. The van der Waals surface area contributed by atoms with E-state index >= 15 is 0 Å². The van der Waals surface area contributed by atoms with Crippen molar-refractivity contribution in [3.63, 3.8) is 0 Å². The molecule has 4 aromatic rings. The average molecular weight is 246 g/mol. The van der Waals surface area contributed by atoms with Gasteiger partial charge in [0.25, 0.3) is 0 Å². The number of fused-ring (bicyclic) bond motifs is 3. The number of nitrogens with zero attached hydrogens (tertiary/aromatic N) is 3. The van der Waals surface area contributed by atoms with Crippen LogP contribution in [0.1, 0.15) is 0 Å². The molecule has 0 aromatic carbocycles. The first-order chi connectivity index (χ1) is 9.42. The monoisotopic (exact) mass is 246 g/mol. The minimum Gasteiger partial charge on any atom is -0.339 e. The summed E-state index contributed by atoms with van der Waals surface area (Å²) in [7, 11) is 0. The Morgan fingerprint density at radius 1 is 0.842 bits per heavy atom. The van der Waals surface area contributed by atoms with Gasteiger partial charge in [-0.2, -0.15) is 0 Å². The Morgan fingerprint density at radius 2 is 1.79 bits per heavy atom. The number of hydrogen-bond acceptors (Lipinski definition) is 3. The Morgan fingerprint density at radius 3 is 2.68 bits per heavy atom. The molecule has 4 heteroatoms. The van der Waals surface area contributed by atoms with Crippen molar-refractivity contribution in [2.45, 2.75) is 0 Å². The average Bonchev–Trinajstić information content (AvgIpc) is 2.86. The first kappa shape index (κ1) is 10.2. The van der Waals surface area contributed by atoms with Crippen LogP contribution < -0.4 is 0 Å². The standard InChI is InChI=1S/C15H10N4/c1-2-10(8-16-6-1)13-4-3-11-12-9-17-7-5-14(12)19-15(11)18-13/h1-9H,(H,18,19). The van der Waals surface area contributed by atoms with E-state index in [-0.39, 0.29) is 0 Å². The maximum absolute atomic E-state index is 4.66. The molecule has 0 unspecified atom stereocenters. The maximum atomic E-state index is 4.66. The van der Waals surface area contributed by atoms with Crippen molar-refractivity contribution in [3.05, 3.63) is 55.1 Å². The van der Waals surface area contributed by atoms with Crippen molar-refractivity contribution in [1.82, 2.24) is 19.9 Å². The van der Waals surface area contributed by atoms with Gasteiger partial charge in [0.15, 0.2) is 0 Å². The van der Waals surface area contributed by atoms with Crippen LogP contribution in [0.4, 0.5) is 0 Å². The Labute approximate surface area is 109 Å². The van der Waals surface area contributed by atoms with Crippen LogP contribution in [-0.4, -0.2) is 19.9 Å². The van der Waals surface area contributed by atoms with Gasteiger partial charge in [-0.3, -0.25) is 9.97 Å². The summed E-state index contributed by atoms with van der Waals surface area (Å²) < 4.78 is 0. The molecule has 0 saturated carbocycles. The van der Waals surface area contributed by atoms with Gasteiger partial charge in [0, 0.05) is 41.1 Å². The predicted molar refractivity (Wildman–Crippen MR) is 74.6 cm³/mol. The summed E-state index contributed by atoms with van der Waals surface area (Å²) in [5.74, 6) is 0. The SMILES string of the molecule is c1cncc(-c2ccc3c(n2)[nH]c2ccncc23)c1. The van der Waals surface area contributed by atoms with Gasteiger partial charge in [-0.05, 0) is 30.3 Å². The number of pyridine rings is 3. The van der Waals surface area contributed by atoms with Crippen molar-refractivity contribution in [1.29, 1.82) is 0 Å². The molecular formula is C15H10N4. The van der Waals surface area contributed by atoms with Gasteiger partial charge in [0.2, 0.25) is 0 Å². The van der Waals surface area contributed by atoms with Gasteiger partial charge < -0.3 is 4.98 Å². The molecule has 4 rings (SSSR count). The number of nitrogens with one attached hydrogen (secondary N) is 1. The lowest BCUT2D eigenvalue weighted by Crippen LogP contribution is -1.84. The van der Waals surface area contributed by atoms with Crippen LogP contribution in [0.5, 0.6) is 0 Å². The molecule has 0 saturated heterocycles. The van der Waals surface area contributed by atoms with Crippen LogP contribution in [-0.2, 0) is 0 Å². The third-order valence-corrected chi connectivity index (χ3v) is 3.22. The van der Waals surface area contributed by atoms with Gasteiger partial charge >= 0.3 is 0 Å². The molecule has 90 valence electrons. The summed E-state index contributed by atoms with van der Waals surface area (Å²) in [6.45, 7) is 0. The Hall–Kier alpha value is -2.75. The largest absolute Gasteiger partial charge is 0.339 e. The summed E-state index contributed by atoms with van der Waals surface area (Å²) in [6.07, 6.45) is 7.22. The first-order valence-corrected chi connectivity index (χ1v) is 6.05. The fourth-order valence-corrected chi connectivity index (χ4v) is 2.29. The first-order valence-electron chi connectivity index (χ1n) is 6.05. The molecule has 0 aliphatic heterocycles. The second-order valence-corrected chi connectivity index (χ2v) is 4.38. The molecule has 0 fully saturated rings. The highest BCUT2D eigenvalue weighted by Crippen LogP contribution is 2.25. The number of rotatable bonds is 1. The maximum Gasteiger partial charge on any atom is 0.139 e. The third kappa shape index (κ3) is 1.57. The van der Waals surface area contributed by atoms with E-state index in [0.717, 1.165) is 33.2 Å². The van der Waals surface area contributed by atoms with Crippen LogP contribution in [0.3, 0.4) is 0 Å². The van der Waals surface area contributed by atoms with Crippen molar-refractivity contribution in [2.75, 3.05) is 0 Å². The minimum absolute atomic E-state index is 0.879. The Kier molecular flexibility index (Phi) is 2.08. The molecule has 0 atom stereocenters. The molecule has 0 amide bonds. The number of aromatic amines is 1. The molecule has 4 aromatic heterocycles. The molecule has 4 heterocycles. The highest BCUT2D eigenvalue weighted by Gasteiger charge is 2.07. The van der Waals surface area contributed by atoms with E-state index in [1.807, 2.05) is 36.7 Å². The van der Waals surface area contributed by atoms with Crippen molar-refractivity contribution >= 4 is 21.9 Å². The van der Waals surface area contributed by atoms with E-state index in [0.29, 0.717) is 0 Å². The van der Waals surface area contributed by atoms with Crippen LogP contribution in [0.25, 0.3) is 33.2 Å². The van der Waals surface area contributed by atoms with Gasteiger partial charge in [0.1, 0.15) is 5.65 Å². The highest BCUT2D eigenvalue weighted by molar-refractivity contribution is 6.05. The van der Waals surface area contributed by atoms with Crippen LogP contribution in [0.15, 0.2) is 55.1 Å². The summed E-state index contributed by atoms with van der Waals surface area (Å²) in [6, 6.07) is 9.97. The molecule has 4 nitrogen and oxygen atoms in total.